The first-order valence-electron chi connectivity index (χ1n) is 0. The maximum absolute atomic E-state index is 0. The fourth-order valence-electron chi connectivity index (χ4n) is 0. The molecular weight excluding hydrogens is 377 g/mol. The van der Waals surface area contributed by atoms with E-state index in [1.807, 2.05) is 0 Å². The molecule has 0 atom stereocenters. The average Bonchev–Trinajstić information content (AvgIpc) is 0. The molecule has 0 aliphatic carbocycles. The summed E-state index contributed by atoms with van der Waals surface area (Å²) >= 11 is 0. The molecule has 0 amide bonds. The van der Waals surface area contributed by atoms with Gasteiger partial charge in [0.05, 0.1) is 0 Å². The molecule has 0 aromatic rings. The third kappa shape index (κ3) is 20.1. The fraction of sp³-hybridized carbons (Fsp3) is 0. The van der Waals surface area contributed by atoms with E-state index in [1.165, 1.54) is 0 Å². The van der Waals surface area contributed by atoms with Gasteiger partial charge >= 0.3 is 0 Å². The summed E-state index contributed by atoms with van der Waals surface area (Å²) in [5, 5.41) is 0. The summed E-state index contributed by atoms with van der Waals surface area (Å²) in [6.07, 6.45) is 0. The maximum atomic E-state index is 0. The second-order valence-electron chi connectivity index (χ2n) is 0. The molecule has 0 heterocycles. The van der Waals surface area contributed by atoms with Crippen molar-refractivity contribution in [1.29, 1.82) is 0 Å². The zero-order valence-corrected chi connectivity index (χ0v) is 8.20. The van der Waals surface area contributed by atoms with Crippen molar-refractivity contribution in [3.8, 4) is 0 Å². The molecule has 0 saturated heterocycles. The normalized spacial score (nSPS) is 0. The van der Waals surface area contributed by atoms with Crippen molar-refractivity contribution in [3.05, 3.63) is 0 Å². The van der Waals surface area contributed by atoms with Crippen LogP contribution >= 0.6 is 0 Å². The van der Waals surface area contributed by atoms with Crippen LogP contribution in [0.3, 0.4) is 0 Å². The summed E-state index contributed by atoms with van der Waals surface area (Å²) < 4.78 is 0. The van der Waals surface area contributed by atoms with Gasteiger partial charge in [0.25, 0.3) is 0 Å². The van der Waals surface area contributed by atoms with Crippen LogP contribution < -0.4 is 0 Å². The summed E-state index contributed by atoms with van der Waals surface area (Å²) in [4.78, 5) is 0. The van der Waals surface area contributed by atoms with E-state index in [1.54, 1.807) is 0 Å². The van der Waals surface area contributed by atoms with Crippen molar-refractivity contribution in [1.82, 2.24) is 0 Å². The van der Waals surface area contributed by atoms with Crippen LogP contribution in [-0.4, -0.2) is 0 Å². The summed E-state index contributed by atoms with van der Waals surface area (Å²) in [7, 11) is 0. The van der Waals surface area contributed by atoms with Crippen molar-refractivity contribution < 1.29 is 89.3 Å². The molecule has 0 aliphatic rings. The Morgan fingerprint density at radius 2 is 1.00 bits per heavy atom. The van der Waals surface area contributed by atoms with Crippen LogP contribution in [0.4, 0.5) is 0 Å². The van der Waals surface area contributed by atoms with Gasteiger partial charge in [-0.15, -0.1) is 0 Å². The Kier molecular flexibility index (Phi) is 273. The van der Waals surface area contributed by atoms with Crippen LogP contribution in [0.1, 0.15) is 0 Å². The Balaban J connectivity index is 0. The zero-order chi connectivity index (χ0) is 0. The van der Waals surface area contributed by atoms with Gasteiger partial charge in [-0.1, -0.05) is 0 Å². The summed E-state index contributed by atoms with van der Waals surface area (Å²) in [5.41, 5.74) is 0. The number of hydrogen-bond acceptors (Lipinski definition) is 0. The van der Waals surface area contributed by atoms with E-state index in [9.17, 15) is 0 Å². The second kappa shape index (κ2) is 29.4. The Morgan fingerprint density at radius 1 is 1.00 bits per heavy atom. The zero-order valence-electron chi connectivity index (χ0n) is 1.69. The van der Waals surface area contributed by atoms with Crippen LogP contribution in [0.5, 0.6) is 0 Å². The fourth-order valence-corrected chi connectivity index (χ4v) is 0. The van der Waals surface area contributed by atoms with Gasteiger partial charge in [-0.3, -0.25) is 0 Å². The third-order valence-electron chi connectivity index (χ3n) is 0. The molecule has 0 saturated carbocycles. The Morgan fingerprint density at radius 3 is 1.00 bits per heavy atom. The predicted molar refractivity (Wildman–Crippen MR) is 0 cm³/mol. The van der Waals surface area contributed by atoms with Crippen LogP contribution in [0.2, 0.25) is 0 Å². The van der Waals surface area contributed by atoms with Gasteiger partial charge in [-0.25, -0.2) is 0 Å². The van der Waals surface area contributed by atoms with Crippen LogP contribution in [0.15, 0.2) is 0 Å². The van der Waals surface area contributed by atoms with Crippen molar-refractivity contribution in [3.63, 3.8) is 0 Å². The largest absolute Gasteiger partial charge is 0 e. The molecule has 0 bridgehead atoms. The van der Waals surface area contributed by atoms with Gasteiger partial charge in [0.2, 0.25) is 0 Å². The topological polar surface area (TPSA) is 0 Å². The molecule has 0 nitrogen and oxygen atoms in total. The van der Waals surface area contributed by atoms with Gasteiger partial charge in [0.1, 0.15) is 0 Å². The van der Waals surface area contributed by atoms with Crippen molar-refractivity contribution >= 4 is 0 Å². The first-order valence-corrected chi connectivity index (χ1v) is 0. The van der Waals surface area contributed by atoms with E-state index in [4.69, 9.17) is 0 Å². The smallest absolute Gasteiger partial charge is 0 e. The van der Waals surface area contributed by atoms with Crippen molar-refractivity contribution in [2.24, 2.45) is 0 Å². The van der Waals surface area contributed by atoms with Crippen molar-refractivity contribution in [2.45, 2.75) is 0 Å². The quantitative estimate of drug-likeness (QED) is 0.521. The Labute approximate surface area is 88.1 Å². The number of hydrogen-bond donors (Lipinski definition) is 0. The molecule has 5 heteroatoms. The molecule has 0 fully saturated rings. The molecule has 0 aromatic carbocycles. The van der Waals surface area contributed by atoms with Gasteiger partial charge in [-0.2, -0.15) is 0 Å². The van der Waals surface area contributed by atoms with Gasteiger partial charge in [-0.05, 0) is 0 Å². The maximum Gasteiger partial charge on any atom is 0 e. The van der Waals surface area contributed by atoms with E-state index in [0.29, 0.717) is 0 Å². The van der Waals surface area contributed by atoms with Gasteiger partial charge < -0.3 is 0 Å². The molecule has 44 valence electrons. The van der Waals surface area contributed by atoms with Crippen LogP contribution in [0.25, 0.3) is 0 Å². The molecule has 0 rings (SSSR count). The molecule has 2 radical (unpaired) electrons. The van der Waals surface area contributed by atoms with Gasteiger partial charge in [0.15, 0.2) is 0 Å². The molecule has 0 N–H and O–H groups in total. The molecule has 0 aliphatic heterocycles. The first-order chi connectivity index (χ1) is 0. The Hall–Kier alpha value is 2.77. The summed E-state index contributed by atoms with van der Waals surface area (Å²) in [5.74, 6) is 0. The molecular formula is CoFeNiRhRu. The predicted octanol–water partition coefficient (Wildman–Crippen LogP) is -0.0125. The molecule has 0 aromatic heterocycles. The van der Waals surface area contributed by atoms with E-state index in [2.05, 4.69) is 0 Å². The van der Waals surface area contributed by atoms with Crippen molar-refractivity contribution in [2.75, 3.05) is 0 Å². The first kappa shape index (κ1) is 46.5. The Bertz CT molecular complexity index is 11.6. The van der Waals surface area contributed by atoms with E-state index >= 15 is 0 Å². The standard InChI is InChI=1S/Co.Fe.Ni.Rh.Ru. The second-order valence-corrected chi connectivity index (χ2v) is 0. The summed E-state index contributed by atoms with van der Waals surface area (Å²) in [6.45, 7) is 0. The minimum atomic E-state index is 0. The van der Waals surface area contributed by atoms with Gasteiger partial charge in [0, 0.05) is 89.3 Å². The summed E-state index contributed by atoms with van der Waals surface area (Å²) in [6, 6.07) is 0. The van der Waals surface area contributed by atoms with E-state index in [-0.39, 0.29) is 89.3 Å². The molecule has 5 heavy (non-hydrogen) atoms. The third-order valence-corrected chi connectivity index (χ3v) is 0. The number of rotatable bonds is 0. The minimum Gasteiger partial charge on any atom is 0 e. The van der Waals surface area contributed by atoms with E-state index in [0.717, 1.165) is 0 Å². The van der Waals surface area contributed by atoms with Crippen LogP contribution in [0, 0.1) is 0 Å². The molecule has 0 unspecified atom stereocenters. The van der Waals surface area contributed by atoms with E-state index < -0.39 is 0 Å². The minimum absolute atomic E-state index is 0. The van der Waals surface area contributed by atoms with Crippen LogP contribution in [-0.2, 0) is 89.3 Å². The monoisotopic (exact) mass is 378 g/mol. The molecule has 0 spiro atoms. The SMILES string of the molecule is [Co].[Fe].[Ni].[Rh].[Ru]. The average molecular weight is 377 g/mol.